The summed E-state index contributed by atoms with van der Waals surface area (Å²) in [7, 11) is 3.06. The van der Waals surface area contributed by atoms with Crippen molar-refractivity contribution in [1.29, 1.82) is 0 Å². The third-order valence-electron chi connectivity index (χ3n) is 3.67. The van der Waals surface area contributed by atoms with E-state index in [0.29, 0.717) is 31.1 Å². The van der Waals surface area contributed by atoms with Gasteiger partial charge in [-0.2, -0.15) is 0 Å². The van der Waals surface area contributed by atoms with Crippen molar-refractivity contribution in [3.63, 3.8) is 0 Å². The van der Waals surface area contributed by atoms with Crippen molar-refractivity contribution in [2.45, 2.75) is 25.8 Å². The van der Waals surface area contributed by atoms with Crippen LogP contribution >= 0.6 is 0 Å². The molecule has 0 atom stereocenters. The fourth-order valence-electron chi connectivity index (χ4n) is 2.45. The molecule has 1 aliphatic heterocycles. The minimum Gasteiger partial charge on any atom is -0.491 e. The second-order valence-electron chi connectivity index (χ2n) is 5.85. The van der Waals surface area contributed by atoms with Crippen molar-refractivity contribution >= 4 is 5.97 Å². The summed E-state index contributed by atoms with van der Waals surface area (Å²) in [5.74, 6) is 0.301. The summed E-state index contributed by atoms with van der Waals surface area (Å²) in [6.07, 6.45) is 0. The normalized spacial score (nSPS) is 15.4. The average molecular weight is 293 g/mol. The van der Waals surface area contributed by atoms with Gasteiger partial charge in [0.1, 0.15) is 11.3 Å². The number of hydrogen-bond donors (Lipinski definition) is 1. The van der Waals surface area contributed by atoms with E-state index < -0.39 is 0 Å². The number of nitrogens with one attached hydrogen (secondary N) is 1. The highest BCUT2D eigenvalue weighted by atomic mass is 16.5. The van der Waals surface area contributed by atoms with Gasteiger partial charge < -0.3 is 19.5 Å². The van der Waals surface area contributed by atoms with Gasteiger partial charge in [0.2, 0.25) is 0 Å². The van der Waals surface area contributed by atoms with Crippen LogP contribution < -0.4 is 10.1 Å². The van der Waals surface area contributed by atoms with E-state index >= 15 is 0 Å². The predicted molar refractivity (Wildman–Crippen MR) is 79.9 cm³/mol. The van der Waals surface area contributed by atoms with Gasteiger partial charge in [-0.15, -0.1) is 0 Å². The SMILES string of the molecule is COCCNCc1cc(C(=O)OC)c2c(c1)C(C)(C)CO2. The number of rotatable bonds is 6. The van der Waals surface area contributed by atoms with Crippen molar-refractivity contribution < 1.29 is 19.0 Å². The molecule has 1 aliphatic rings. The molecule has 5 heteroatoms. The molecule has 0 amide bonds. The maximum absolute atomic E-state index is 12.0. The zero-order valence-electron chi connectivity index (χ0n) is 13.1. The first kappa shape index (κ1) is 15.8. The highest BCUT2D eigenvalue weighted by molar-refractivity contribution is 5.93. The van der Waals surface area contributed by atoms with E-state index in [1.165, 1.54) is 7.11 Å². The van der Waals surface area contributed by atoms with Gasteiger partial charge in [0, 0.05) is 31.2 Å². The van der Waals surface area contributed by atoms with Gasteiger partial charge in [-0.05, 0) is 11.6 Å². The van der Waals surface area contributed by atoms with Gasteiger partial charge in [0.15, 0.2) is 0 Å². The predicted octanol–water partition coefficient (Wildman–Crippen LogP) is 1.88. The van der Waals surface area contributed by atoms with Gasteiger partial charge in [-0.3, -0.25) is 0 Å². The Morgan fingerprint density at radius 3 is 2.81 bits per heavy atom. The van der Waals surface area contributed by atoms with Crippen molar-refractivity contribution in [3.8, 4) is 5.75 Å². The van der Waals surface area contributed by atoms with Crippen LogP contribution in [0.15, 0.2) is 12.1 Å². The Hall–Kier alpha value is -1.59. The summed E-state index contributed by atoms with van der Waals surface area (Å²) in [4.78, 5) is 12.0. The Bertz CT molecular complexity index is 525. The summed E-state index contributed by atoms with van der Waals surface area (Å²) in [6.45, 7) is 6.90. The molecule has 21 heavy (non-hydrogen) atoms. The third-order valence-corrected chi connectivity index (χ3v) is 3.67. The van der Waals surface area contributed by atoms with Crippen molar-refractivity contribution in [2.24, 2.45) is 0 Å². The molecule has 0 saturated carbocycles. The molecular weight excluding hydrogens is 270 g/mol. The van der Waals surface area contributed by atoms with E-state index in [2.05, 4.69) is 25.2 Å². The molecule has 1 heterocycles. The third kappa shape index (κ3) is 3.36. The van der Waals surface area contributed by atoms with E-state index in [9.17, 15) is 4.79 Å². The lowest BCUT2D eigenvalue weighted by molar-refractivity contribution is 0.0596. The van der Waals surface area contributed by atoms with E-state index in [-0.39, 0.29) is 11.4 Å². The smallest absolute Gasteiger partial charge is 0.341 e. The molecular formula is C16H23NO4. The lowest BCUT2D eigenvalue weighted by Gasteiger charge is -2.17. The highest BCUT2D eigenvalue weighted by Crippen LogP contribution is 2.41. The van der Waals surface area contributed by atoms with Gasteiger partial charge in [0.25, 0.3) is 0 Å². The van der Waals surface area contributed by atoms with Crippen LogP contribution in [0, 0.1) is 0 Å². The molecule has 2 rings (SSSR count). The first-order valence-corrected chi connectivity index (χ1v) is 7.08. The maximum Gasteiger partial charge on any atom is 0.341 e. The fraction of sp³-hybridized carbons (Fsp3) is 0.562. The summed E-state index contributed by atoms with van der Waals surface area (Å²) < 4.78 is 15.6. The Morgan fingerprint density at radius 2 is 2.14 bits per heavy atom. The Balaban J connectivity index is 2.29. The molecule has 0 radical (unpaired) electrons. The van der Waals surface area contributed by atoms with Crippen LogP contribution in [-0.2, 0) is 21.4 Å². The van der Waals surface area contributed by atoms with Crippen LogP contribution in [0.3, 0.4) is 0 Å². The lowest BCUT2D eigenvalue weighted by Crippen LogP contribution is -2.20. The molecule has 0 fully saturated rings. The van der Waals surface area contributed by atoms with Crippen LogP contribution in [0.2, 0.25) is 0 Å². The van der Waals surface area contributed by atoms with E-state index in [0.717, 1.165) is 17.7 Å². The number of fused-ring (bicyclic) bond motifs is 1. The van der Waals surface area contributed by atoms with Crippen molar-refractivity contribution in [1.82, 2.24) is 5.32 Å². The minimum atomic E-state index is -0.359. The van der Waals surface area contributed by atoms with Gasteiger partial charge in [-0.1, -0.05) is 19.9 Å². The quantitative estimate of drug-likeness (QED) is 0.641. The second kappa shape index (κ2) is 6.45. The summed E-state index contributed by atoms with van der Waals surface area (Å²) in [6, 6.07) is 3.94. The molecule has 1 aromatic rings. The lowest BCUT2D eigenvalue weighted by atomic mass is 9.85. The first-order chi connectivity index (χ1) is 9.99. The topological polar surface area (TPSA) is 56.8 Å². The molecule has 0 saturated heterocycles. The van der Waals surface area contributed by atoms with Crippen LogP contribution in [0.1, 0.15) is 35.3 Å². The monoisotopic (exact) mass is 293 g/mol. The number of carbonyl (C=O) groups excluding carboxylic acids is 1. The van der Waals surface area contributed by atoms with E-state index in [4.69, 9.17) is 14.2 Å². The minimum absolute atomic E-state index is 0.0966. The standard InChI is InChI=1S/C16H23NO4/c1-16(2)10-21-14-12(15(18)20-4)7-11(8-13(14)16)9-17-5-6-19-3/h7-8,17H,5-6,9-10H2,1-4H3. The second-order valence-corrected chi connectivity index (χ2v) is 5.85. The van der Waals surface area contributed by atoms with Crippen LogP contribution in [0.25, 0.3) is 0 Å². The summed E-state index contributed by atoms with van der Waals surface area (Å²) in [5, 5.41) is 3.29. The molecule has 1 aromatic carbocycles. The first-order valence-electron chi connectivity index (χ1n) is 7.08. The number of methoxy groups -OCH3 is 2. The molecule has 5 nitrogen and oxygen atoms in total. The van der Waals surface area contributed by atoms with Gasteiger partial charge in [0.05, 0.1) is 20.3 Å². The number of esters is 1. The average Bonchev–Trinajstić information content (AvgIpc) is 2.78. The Kier molecular flexibility index (Phi) is 4.85. The van der Waals surface area contributed by atoms with Crippen molar-refractivity contribution in [2.75, 3.05) is 34.0 Å². The Labute approximate surface area is 125 Å². The summed E-state index contributed by atoms with van der Waals surface area (Å²) in [5.41, 5.74) is 2.52. The summed E-state index contributed by atoms with van der Waals surface area (Å²) >= 11 is 0. The largest absolute Gasteiger partial charge is 0.491 e. The molecule has 0 spiro atoms. The zero-order chi connectivity index (χ0) is 15.5. The van der Waals surface area contributed by atoms with Crippen LogP contribution in [-0.4, -0.2) is 39.9 Å². The number of ether oxygens (including phenoxy) is 3. The molecule has 0 aromatic heterocycles. The van der Waals surface area contributed by atoms with E-state index in [1.54, 1.807) is 7.11 Å². The molecule has 116 valence electrons. The van der Waals surface area contributed by atoms with Gasteiger partial charge in [-0.25, -0.2) is 4.79 Å². The van der Waals surface area contributed by atoms with Crippen LogP contribution in [0.4, 0.5) is 0 Å². The molecule has 1 N–H and O–H groups in total. The van der Waals surface area contributed by atoms with Gasteiger partial charge >= 0.3 is 5.97 Å². The number of hydrogen-bond acceptors (Lipinski definition) is 5. The Morgan fingerprint density at radius 1 is 1.38 bits per heavy atom. The molecule has 0 aliphatic carbocycles. The van der Waals surface area contributed by atoms with Crippen molar-refractivity contribution in [3.05, 3.63) is 28.8 Å². The molecule has 0 bridgehead atoms. The zero-order valence-corrected chi connectivity index (χ0v) is 13.1. The molecule has 0 unspecified atom stereocenters. The fourth-order valence-corrected chi connectivity index (χ4v) is 2.45. The van der Waals surface area contributed by atoms with E-state index in [1.807, 2.05) is 6.07 Å². The maximum atomic E-state index is 12.0. The van der Waals surface area contributed by atoms with Crippen LogP contribution in [0.5, 0.6) is 5.75 Å². The number of benzene rings is 1. The number of carbonyl (C=O) groups is 1. The highest BCUT2D eigenvalue weighted by Gasteiger charge is 2.35.